The Balaban J connectivity index is 1.33. The second-order valence-electron chi connectivity index (χ2n) is 7.62. The van der Waals surface area contributed by atoms with Crippen LogP contribution in [-0.2, 0) is 4.79 Å². The minimum absolute atomic E-state index is 0.111. The molecule has 0 aromatic heterocycles. The van der Waals surface area contributed by atoms with Gasteiger partial charge in [0.1, 0.15) is 5.75 Å². The predicted octanol–water partition coefficient (Wildman–Crippen LogP) is 1.86. The molecule has 1 aromatic carbocycles. The minimum atomic E-state index is -0.180. The van der Waals surface area contributed by atoms with Gasteiger partial charge in [0.05, 0.1) is 13.2 Å². The maximum Gasteiger partial charge on any atom is 0.226 e. The van der Waals surface area contributed by atoms with Crippen molar-refractivity contribution >= 4 is 5.91 Å². The number of benzene rings is 1. The second kappa shape index (κ2) is 6.96. The van der Waals surface area contributed by atoms with Gasteiger partial charge >= 0.3 is 0 Å². The van der Waals surface area contributed by atoms with E-state index in [-0.39, 0.29) is 12.0 Å². The van der Waals surface area contributed by atoms with Crippen molar-refractivity contribution in [1.29, 1.82) is 0 Å². The summed E-state index contributed by atoms with van der Waals surface area (Å²) in [5.41, 5.74) is 1.16. The number of ether oxygens (including phenoxy) is 1. The van der Waals surface area contributed by atoms with Gasteiger partial charge in [0.2, 0.25) is 5.91 Å². The highest BCUT2D eigenvalue weighted by atomic mass is 16.5. The summed E-state index contributed by atoms with van der Waals surface area (Å²) in [5, 5.41) is 10.1. The SMILES string of the molecule is COc1ccccc1[C@@H]1C[C@@H]1C(=O)N1CCN([C@H]2CCC[C@H]2O)CC1. The first-order valence-electron chi connectivity index (χ1n) is 9.53. The van der Waals surface area contributed by atoms with E-state index in [1.165, 1.54) is 0 Å². The number of aliphatic hydroxyl groups is 1. The highest BCUT2D eigenvalue weighted by Gasteiger charge is 2.47. The third-order valence-electron chi connectivity index (χ3n) is 6.18. The Bertz CT molecular complexity index is 627. The Kier molecular flexibility index (Phi) is 4.69. The van der Waals surface area contributed by atoms with Crippen LogP contribution in [0.25, 0.3) is 0 Å². The number of para-hydroxylation sites is 1. The molecule has 1 aromatic rings. The van der Waals surface area contributed by atoms with Gasteiger partial charge in [0.25, 0.3) is 0 Å². The van der Waals surface area contributed by atoms with E-state index in [0.717, 1.165) is 63.2 Å². The van der Waals surface area contributed by atoms with E-state index in [1.807, 2.05) is 23.1 Å². The van der Waals surface area contributed by atoms with Crippen molar-refractivity contribution in [3.05, 3.63) is 29.8 Å². The number of hydrogen-bond donors (Lipinski definition) is 1. The van der Waals surface area contributed by atoms with E-state index in [1.54, 1.807) is 7.11 Å². The summed E-state index contributed by atoms with van der Waals surface area (Å²) in [7, 11) is 1.69. The van der Waals surface area contributed by atoms with E-state index in [0.29, 0.717) is 17.9 Å². The lowest BCUT2D eigenvalue weighted by molar-refractivity contribution is -0.135. The van der Waals surface area contributed by atoms with Crippen molar-refractivity contribution in [3.8, 4) is 5.75 Å². The number of aliphatic hydroxyl groups excluding tert-OH is 1. The zero-order chi connectivity index (χ0) is 17.4. The quantitative estimate of drug-likeness (QED) is 0.906. The van der Waals surface area contributed by atoms with E-state index in [2.05, 4.69) is 11.0 Å². The first-order chi connectivity index (χ1) is 12.2. The number of nitrogens with zero attached hydrogens (tertiary/aromatic N) is 2. The molecule has 5 heteroatoms. The Morgan fingerprint density at radius 1 is 1.16 bits per heavy atom. The maximum atomic E-state index is 12.9. The molecule has 1 N–H and O–H groups in total. The minimum Gasteiger partial charge on any atom is -0.496 e. The monoisotopic (exact) mass is 344 g/mol. The molecule has 4 atom stereocenters. The normalized spacial score (nSPS) is 32.6. The van der Waals surface area contributed by atoms with Gasteiger partial charge in [-0.25, -0.2) is 0 Å². The number of carbonyl (C=O) groups excluding carboxylic acids is 1. The van der Waals surface area contributed by atoms with Crippen molar-refractivity contribution in [3.63, 3.8) is 0 Å². The average molecular weight is 344 g/mol. The second-order valence-corrected chi connectivity index (χ2v) is 7.62. The molecule has 1 saturated heterocycles. The average Bonchev–Trinajstić information content (AvgIpc) is 3.34. The highest BCUT2D eigenvalue weighted by Crippen LogP contribution is 2.51. The fraction of sp³-hybridized carbons (Fsp3) is 0.650. The van der Waals surface area contributed by atoms with Crippen LogP contribution in [0.1, 0.15) is 37.2 Å². The van der Waals surface area contributed by atoms with Crippen LogP contribution in [0.4, 0.5) is 0 Å². The van der Waals surface area contributed by atoms with Gasteiger partial charge < -0.3 is 14.7 Å². The maximum absolute atomic E-state index is 12.9. The molecule has 4 rings (SSSR count). The van der Waals surface area contributed by atoms with E-state index in [9.17, 15) is 9.90 Å². The molecule has 2 saturated carbocycles. The molecule has 0 radical (unpaired) electrons. The van der Waals surface area contributed by atoms with Crippen molar-refractivity contribution in [2.45, 2.75) is 43.7 Å². The largest absolute Gasteiger partial charge is 0.496 e. The lowest BCUT2D eigenvalue weighted by Gasteiger charge is -2.39. The summed E-state index contributed by atoms with van der Waals surface area (Å²) in [6, 6.07) is 8.35. The summed E-state index contributed by atoms with van der Waals surface area (Å²) in [6.07, 6.45) is 3.88. The molecule has 3 aliphatic rings. The first-order valence-corrected chi connectivity index (χ1v) is 9.53. The first kappa shape index (κ1) is 16.9. The van der Waals surface area contributed by atoms with Crippen molar-refractivity contribution < 1.29 is 14.6 Å². The van der Waals surface area contributed by atoms with Crippen LogP contribution in [-0.4, -0.2) is 66.2 Å². The van der Waals surface area contributed by atoms with Gasteiger partial charge in [-0.1, -0.05) is 18.2 Å². The number of methoxy groups -OCH3 is 1. The summed E-state index contributed by atoms with van der Waals surface area (Å²) in [5.74, 6) is 1.60. The Morgan fingerprint density at radius 2 is 1.92 bits per heavy atom. The van der Waals surface area contributed by atoms with Gasteiger partial charge in [0.15, 0.2) is 0 Å². The van der Waals surface area contributed by atoms with Gasteiger partial charge in [-0.2, -0.15) is 0 Å². The van der Waals surface area contributed by atoms with E-state index >= 15 is 0 Å². The smallest absolute Gasteiger partial charge is 0.226 e. The fourth-order valence-electron chi connectivity index (χ4n) is 4.64. The molecule has 5 nitrogen and oxygen atoms in total. The third kappa shape index (κ3) is 3.27. The molecule has 1 amide bonds. The molecule has 3 fully saturated rings. The molecule has 1 heterocycles. The van der Waals surface area contributed by atoms with Crippen molar-refractivity contribution in [1.82, 2.24) is 9.80 Å². The number of carbonyl (C=O) groups is 1. The van der Waals surface area contributed by atoms with Crippen LogP contribution in [0.5, 0.6) is 5.75 Å². The third-order valence-corrected chi connectivity index (χ3v) is 6.18. The van der Waals surface area contributed by atoms with Crippen LogP contribution in [0.15, 0.2) is 24.3 Å². The Labute approximate surface area is 149 Å². The van der Waals surface area contributed by atoms with E-state index in [4.69, 9.17) is 4.74 Å². The molecule has 1 aliphatic heterocycles. The predicted molar refractivity (Wildman–Crippen MR) is 95.6 cm³/mol. The summed E-state index contributed by atoms with van der Waals surface area (Å²) >= 11 is 0. The van der Waals surface area contributed by atoms with Crippen molar-refractivity contribution in [2.24, 2.45) is 5.92 Å². The topological polar surface area (TPSA) is 53.0 Å². The van der Waals surface area contributed by atoms with Gasteiger partial charge in [0, 0.05) is 38.1 Å². The molecule has 0 spiro atoms. The lowest BCUT2D eigenvalue weighted by atomic mass is 10.1. The van der Waals surface area contributed by atoms with Gasteiger partial charge in [-0.05, 0) is 43.2 Å². The molecule has 136 valence electrons. The molecule has 0 unspecified atom stereocenters. The number of piperazine rings is 1. The van der Waals surface area contributed by atoms with Crippen LogP contribution in [0, 0.1) is 5.92 Å². The number of rotatable bonds is 4. The lowest BCUT2D eigenvalue weighted by Crippen LogP contribution is -2.54. The summed E-state index contributed by atoms with van der Waals surface area (Å²) in [4.78, 5) is 17.3. The number of amides is 1. The van der Waals surface area contributed by atoms with Crippen LogP contribution < -0.4 is 4.74 Å². The molecule has 25 heavy (non-hydrogen) atoms. The molecule has 2 aliphatic carbocycles. The van der Waals surface area contributed by atoms with Gasteiger partial charge in [-0.15, -0.1) is 0 Å². The molecular weight excluding hydrogens is 316 g/mol. The Hall–Kier alpha value is -1.59. The zero-order valence-electron chi connectivity index (χ0n) is 14.9. The Morgan fingerprint density at radius 3 is 2.60 bits per heavy atom. The van der Waals surface area contributed by atoms with Crippen molar-refractivity contribution in [2.75, 3.05) is 33.3 Å². The van der Waals surface area contributed by atoms with Gasteiger partial charge in [-0.3, -0.25) is 9.69 Å². The van der Waals surface area contributed by atoms with Crippen LogP contribution >= 0.6 is 0 Å². The molecular formula is C20H28N2O3. The molecule has 0 bridgehead atoms. The zero-order valence-corrected chi connectivity index (χ0v) is 14.9. The number of hydrogen-bond acceptors (Lipinski definition) is 4. The standard InChI is InChI=1S/C20H28N2O3/c1-25-19-8-3-2-5-14(19)15-13-16(15)20(24)22-11-9-21(10-12-22)17-6-4-7-18(17)23/h2-3,5,8,15-18,23H,4,6-7,9-13H2,1H3/t15-,16-,17-,18+/m0/s1. The van der Waals surface area contributed by atoms with Crippen LogP contribution in [0.3, 0.4) is 0 Å². The van der Waals surface area contributed by atoms with Crippen LogP contribution in [0.2, 0.25) is 0 Å². The highest BCUT2D eigenvalue weighted by molar-refractivity contribution is 5.83. The fourth-order valence-corrected chi connectivity index (χ4v) is 4.64. The summed E-state index contributed by atoms with van der Waals surface area (Å²) < 4.78 is 5.45. The summed E-state index contributed by atoms with van der Waals surface area (Å²) in [6.45, 7) is 3.35. The van der Waals surface area contributed by atoms with E-state index < -0.39 is 0 Å².